The Kier molecular flexibility index (Phi) is 5.22. The van der Waals surface area contributed by atoms with Crippen molar-refractivity contribution < 1.29 is 28.0 Å². The molecule has 0 aromatic carbocycles. The number of anilines is 1. The smallest absolute Gasteiger partial charge is 0.286 e. The van der Waals surface area contributed by atoms with Gasteiger partial charge in [0.05, 0.1) is 12.0 Å². The highest BCUT2D eigenvalue weighted by Gasteiger charge is 2.42. The van der Waals surface area contributed by atoms with Crippen molar-refractivity contribution in [1.82, 2.24) is 20.5 Å². The second-order valence-electron chi connectivity index (χ2n) is 5.53. The summed E-state index contributed by atoms with van der Waals surface area (Å²) in [6.07, 6.45) is -1.17. The van der Waals surface area contributed by atoms with Crippen LogP contribution in [-0.4, -0.2) is 39.1 Å². The fourth-order valence-corrected chi connectivity index (χ4v) is 2.68. The second kappa shape index (κ2) is 6.99. The zero-order valence-corrected chi connectivity index (χ0v) is 12.5. The molecule has 0 saturated heterocycles. The zero-order chi connectivity index (χ0) is 17.8. The lowest BCUT2D eigenvalue weighted by atomic mass is 9.85. The summed E-state index contributed by atoms with van der Waals surface area (Å²) in [5.74, 6) is -0.968. The van der Waals surface area contributed by atoms with Gasteiger partial charge in [0.2, 0.25) is 18.3 Å². The number of hydrogen-bond acceptors (Lipinski definition) is 6. The van der Waals surface area contributed by atoms with Crippen molar-refractivity contribution in [3.05, 3.63) is 18.0 Å². The molecule has 2 rings (SSSR count). The number of hydroxylamine groups is 2. The maximum absolute atomic E-state index is 12.6. The Morgan fingerprint density at radius 3 is 2.67 bits per heavy atom. The summed E-state index contributed by atoms with van der Waals surface area (Å²) < 4.78 is 37.8. The van der Waals surface area contributed by atoms with E-state index in [9.17, 15) is 28.0 Å². The molecule has 1 aliphatic carbocycles. The van der Waals surface area contributed by atoms with Crippen LogP contribution in [0, 0.1) is 5.41 Å². The van der Waals surface area contributed by atoms with E-state index >= 15 is 0 Å². The molecule has 0 bridgehead atoms. The molecule has 1 fully saturated rings. The molecular weight excluding hydrogens is 331 g/mol. The van der Waals surface area contributed by atoms with E-state index < -0.39 is 29.1 Å². The lowest BCUT2D eigenvalue weighted by Crippen LogP contribution is -2.48. The van der Waals surface area contributed by atoms with E-state index in [1.807, 2.05) is 0 Å². The van der Waals surface area contributed by atoms with Crippen LogP contribution in [-0.2, 0) is 15.8 Å². The van der Waals surface area contributed by atoms with Gasteiger partial charge in [-0.1, -0.05) is 12.8 Å². The van der Waals surface area contributed by atoms with Crippen LogP contribution in [0.1, 0.15) is 31.4 Å². The molecule has 24 heavy (non-hydrogen) atoms. The Balaban J connectivity index is 2.05. The van der Waals surface area contributed by atoms with E-state index in [0.717, 1.165) is 19.0 Å². The molecule has 0 radical (unpaired) electrons. The van der Waals surface area contributed by atoms with Gasteiger partial charge in [-0.15, -0.1) is 0 Å². The highest BCUT2D eigenvalue weighted by atomic mass is 19.4. The van der Waals surface area contributed by atoms with Crippen molar-refractivity contribution in [2.75, 3.05) is 12.0 Å². The number of nitrogens with zero attached hydrogens (tertiary/aromatic N) is 3. The fourth-order valence-electron chi connectivity index (χ4n) is 2.68. The molecule has 0 spiro atoms. The molecule has 8 nitrogen and oxygen atoms in total. The van der Waals surface area contributed by atoms with Crippen LogP contribution in [0.5, 0.6) is 0 Å². The standard InChI is InChI=1S/C13H16F3N5O3/c14-13(15,16)9-3-6-17-11(18-9)20-19-10(23)12(4-1-2-5-12)7-21(24)8-22/h3,6,8,24H,1-2,4-5,7H2,(H,19,23)(H,17,18,20). The molecular formula is C13H16F3N5O3. The van der Waals surface area contributed by atoms with Crippen LogP contribution in [0.25, 0.3) is 0 Å². The first kappa shape index (κ1) is 17.9. The van der Waals surface area contributed by atoms with Crippen LogP contribution in [0.3, 0.4) is 0 Å². The van der Waals surface area contributed by atoms with Crippen molar-refractivity contribution in [2.24, 2.45) is 5.41 Å². The summed E-state index contributed by atoms with van der Waals surface area (Å²) in [5, 5.41) is 9.74. The normalized spacial score (nSPS) is 16.5. The maximum atomic E-state index is 12.6. The van der Waals surface area contributed by atoms with Crippen LogP contribution in [0.15, 0.2) is 12.3 Å². The van der Waals surface area contributed by atoms with Gasteiger partial charge >= 0.3 is 6.18 Å². The molecule has 0 unspecified atom stereocenters. The minimum Gasteiger partial charge on any atom is -0.286 e. The number of alkyl halides is 3. The number of hydrazine groups is 1. The number of aromatic nitrogens is 2. The van der Waals surface area contributed by atoms with Gasteiger partial charge in [-0.3, -0.25) is 25.6 Å². The van der Waals surface area contributed by atoms with Crippen molar-refractivity contribution in [3.63, 3.8) is 0 Å². The Labute approximate surface area is 135 Å². The van der Waals surface area contributed by atoms with E-state index in [2.05, 4.69) is 20.8 Å². The average Bonchev–Trinajstić information content (AvgIpc) is 3.01. The van der Waals surface area contributed by atoms with E-state index in [0.29, 0.717) is 24.0 Å². The van der Waals surface area contributed by atoms with Gasteiger partial charge in [-0.2, -0.15) is 13.2 Å². The Hall–Kier alpha value is -2.43. The Morgan fingerprint density at radius 2 is 2.08 bits per heavy atom. The minimum atomic E-state index is -4.63. The van der Waals surface area contributed by atoms with Crippen LogP contribution >= 0.6 is 0 Å². The van der Waals surface area contributed by atoms with Gasteiger partial charge in [0.1, 0.15) is 5.69 Å². The molecule has 1 saturated carbocycles. The summed E-state index contributed by atoms with van der Waals surface area (Å²) in [4.78, 5) is 29.8. The van der Waals surface area contributed by atoms with Gasteiger partial charge in [-0.05, 0) is 18.9 Å². The van der Waals surface area contributed by atoms with Crippen LogP contribution < -0.4 is 10.9 Å². The number of nitrogens with one attached hydrogen (secondary N) is 2. The minimum absolute atomic E-state index is 0.191. The molecule has 132 valence electrons. The summed E-state index contributed by atoms with van der Waals surface area (Å²) in [5.41, 5.74) is 2.34. The first-order valence-corrected chi connectivity index (χ1v) is 7.14. The van der Waals surface area contributed by atoms with Crippen LogP contribution in [0.2, 0.25) is 0 Å². The summed E-state index contributed by atoms with van der Waals surface area (Å²) in [7, 11) is 0. The highest BCUT2D eigenvalue weighted by molar-refractivity contribution is 5.84. The highest BCUT2D eigenvalue weighted by Crippen LogP contribution is 2.38. The van der Waals surface area contributed by atoms with Crippen molar-refractivity contribution >= 4 is 18.3 Å². The molecule has 0 aliphatic heterocycles. The van der Waals surface area contributed by atoms with Crippen molar-refractivity contribution in [1.29, 1.82) is 0 Å². The summed E-state index contributed by atoms with van der Waals surface area (Å²) in [6.45, 7) is -0.201. The Bertz CT molecular complexity index is 605. The summed E-state index contributed by atoms with van der Waals surface area (Å²) in [6, 6.07) is 0.708. The van der Waals surface area contributed by atoms with Gasteiger partial charge in [0.25, 0.3) is 0 Å². The predicted octanol–water partition coefficient (Wildman–Crippen LogP) is 1.35. The molecule has 0 atom stereocenters. The fraction of sp³-hybridized carbons (Fsp3) is 0.538. The van der Waals surface area contributed by atoms with E-state index in [1.165, 1.54) is 0 Å². The molecule has 2 amide bonds. The largest absolute Gasteiger partial charge is 0.433 e. The first-order valence-electron chi connectivity index (χ1n) is 7.14. The molecule has 3 N–H and O–H groups in total. The molecule has 1 aromatic rings. The zero-order valence-electron chi connectivity index (χ0n) is 12.5. The number of halogens is 3. The maximum Gasteiger partial charge on any atom is 0.433 e. The van der Waals surface area contributed by atoms with Gasteiger partial charge < -0.3 is 0 Å². The number of hydrogen-bond donors (Lipinski definition) is 3. The number of carbonyl (C=O) groups is 2. The average molecular weight is 347 g/mol. The number of rotatable bonds is 6. The van der Waals surface area contributed by atoms with Crippen molar-refractivity contribution in [2.45, 2.75) is 31.9 Å². The number of amides is 2. The second-order valence-corrected chi connectivity index (χ2v) is 5.53. The molecule has 1 aliphatic rings. The SMILES string of the molecule is O=CN(O)CC1(C(=O)NNc2nccc(C(F)(F)F)n2)CCCC1. The van der Waals surface area contributed by atoms with E-state index in [-0.39, 0.29) is 13.0 Å². The quantitative estimate of drug-likeness (QED) is 0.407. The van der Waals surface area contributed by atoms with E-state index in [1.54, 1.807) is 0 Å². The van der Waals surface area contributed by atoms with Crippen LogP contribution in [0.4, 0.5) is 19.1 Å². The Morgan fingerprint density at radius 1 is 1.42 bits per heavy atom. The molecule has 1 heterocycles. The van der Waals surface area contributed by atoms with Gasteiger partial charge in [0, 0.05) is 6.20 Å². The molecule has 11 heteroatoms. The lowest BCUT2D eigenvalue weighted by Gasteiger charge is -2.29. The molecule has 1 aromatic heterocycles. The number of carbonyl (C=O) groups excluding carboxylic acids is 2. The third-order valence-electron chi connectivity index (χ3n) is 3.86. The predicted molar refractivity (Wildman–Crippen MR) is 74.3 cm³/mol. The van der Waals surface area contributed by atoms with Gasteiger partial charge in [-0.25, -0.2) is 15.0 Å². The lowest BCUT2D eigenvalue weighted by molar-refractivity contribution is -0.160. The third kappa shape index (κ3) is 4.10. The monoisotopic (exact) mass is 347 g/mol. The van der Waals surface area contributed by atoms with E-state index in [4.69, 9.17) is 0 Å². The first-order chi connectivity index (χ1) is 11.3. The van der Waals surface area contributed by atoms with Crippen molar-refractivity contribution in [3.8, 4) is 0 Å². The van der Waals surface area contributed by atoms with Gasteiger partial charge in [0.15, 0.2) is 0 Å². The topological polar surface area (TPSA) is 107 Å². The third-order valence-corrected chi connectivity index (χ3v) is 3.86. The summed E-state index contributed by atoms with van der Waals surface area (Å²) >= 11 is 0.